The summed E-state index contributed by atoms with van der Waals surface area (Å²) < 4.78 is 5.72. The van der Waals surface area contributed by atoms with Gasteiger partial charge in [-0.25, -0.2) is 0 Å². The maximum absolute atomic E-state index is 13.5. The van der Waals surface area contributed by atoms with Crippen molar-refractivity contribution in [1.82, 2.24) is 10.2 Å². The van der Waals surface area contributed by atoms with Crippen molar-refractivity contribution in [2.24, 2.45) is 0 Å². The molecule has 0 saturated carbocycles. The minimum Gasteiger partial charge on any atom is -0.482 e. The number of nitrogens with zero attached hydrogens (tertiary/aromatic N) is 1. The molecule has 1 atom stereocenters. The van der Waals surface area contributed by atoms with E-state index >= 15 is 0 Å². The maximum Gasteiger partial charge on any atom is 0.261 e. The van der Waals surface area contributed by atoms with Gasteiger partial charge in [0.15, 0.2) is 6.61 Å². The van der Waals surface area contributed by atoms with Gasteiger partial charge in [-0.1, -0.05) is 84.2 Å². The van der Waals surface area contributed by atoms with Gasteiger partial charge >= 0.3 is 0 Å². The largest absolute Gasteiger partial charge is 0.482 e. The average molecular weight is 534 g/mol. The van der Waals surface area contributed by atoms with Crippen LogP contribution in [0.4, 0.5) is 0 Å². The Labute approximate surface area is 220 Å². The number of carbonyl (C=O) groups is 2. The summed E-state index contributed by atoms with van der Waals surface area (Å²) in [6, 6.07) is 20.9. The number of halogens is 3. The Morgan fingerprint density at radius 1 is 0.914 bits per heavy atom. The first kappa shape index (κ1) is 26.9. The standard InChI is InChI=1S/C27H27Cl3N2O3/c1-2-13-31-27(34)24(15-19-7-4-3-5-8-19)32(17-20-9-6-10-21(28)14-20)26(33)18-35-25-12-11-22(29)16-23(25)30/h3-12,14,16,24H,2,13,15,17-18H2,1H3,(H,31,34). The van der Waals surface area contributed by atoms with Crippen LogP contribution in [0, 0.1) is 0 Å². The van der Waals surface area contributed by atoms with Crippen LogP contribution in [0.15, 0.2) is 72.8 Å². The average Bonchev–Trinajstić information content (AvgIpc) is 2.84. The molecule has 0 radical (unpaired) electrons. The first-order valence-electron chi connectivity index (χ1n) is 11.3. The molecular formula is C27H27Cl3N2O3. The second kappa shape index (κ2) is 13.4. The van der Waals surface area contributed by atoms with Gasteiger partial charge in [-0.05, 0) is 47.9 Å². The number of carbonyl (C=O) groups excluding carboxylic acids is 2. The van der Waals surface area contributed by atoms with E-state index in [1.54, 1.807) is 30.3 Å². The molecule has 0 saturated heterocycles. The molecule has 0 fully saturated rings. The van der Waals surface area contributed by atoms with Crippen molar-refractivity contribution in [3.63, 3.8) is 0 Å². The molecule has 3 rings (SSSR count). The van der Waals surface area contributed by atoms with Crippen molar-refractivity contribution in [2.75, 3.05) is 13.2 Å². The van der Waals surface area contributed by atoms with Gasteiger partial charge in [0, 0.05) is 29.6 Å². The van der Waals surface area contributed by atoms with Crippen LogP contribution >= 0.6 is 34.8 Å². The second-order valence-corrected chi connectivity index (χ2v) is 9.29. The molecule has 0 aliphatic rings. The third kappa shape index (κ3) is 8.17. The molecule has 0 spiro atoms. The predicted molar refractivity (Wildman–Crippen MR) is 141 cm³/mol. The van der Waals surface area contributed by atoms with Crippen LogP contribution in [-0.4, -0.2) is 35.9 Å². The van der Waals surface area contributed by atoms with Crippen molar-refractivity contribution >= 4 is 46.6 Å². The lowest BCUT2D eigenvalue weighted by atomic mass is 10.0. The lowest BCUT2D eigenvalue weighted by Gasteiger charge is -2.31. The lowest BCUT2D eigenvalue weighted by molar-refractivity contribution is -0.142. The normalized spacial score (nSPS) is 11.5. The molecule has 2 amide bonds. The van der Waals surface area contributed by atoms with Crippen LogP contribution in [0.1, 0.15) is 24.5 Å². The second-order valence-electron chi connectivity index (χ2n) is 8.01. The van der Waals surface area contributed by atoms with Crippen LogP contribution in [0.2, 0.25) is 15.1 Å². The number of ether oxygens (including phenoxy) is 1. The Kier molecular flexibility index (Phi) is 10.3. The number of hydrogen-bond donors (Lipinski definition) is 1. The van der Waals surface area contributed by atoms with E-state index in [9.17, 15) is 9.59 Å². The van der Waals surface area contributed by atoms with E-state index in [1.165, 1.54) is 4.90 Å². The van der Waals surface area contributed by atoms with E-state index in [2.05, 4.69) is 5.32 Å². The predicted octanol–water partition coefficient (Wildman–Crippen LogP) is 6.19. The molecule has 0 aromatic heterocycles. The summed E-state index contributed by atoms with van der Waals surface area (Å²) in [6.45, 7) is 2.38. The Morgan fingerprint density at radius 3 is 2.31 bits per heavy atom. The quantitative estimate of drug-likeness (QED) is 0.320. The molecule has 8 heteroatoms. The van der Waals surface area contributed by atoms with Gasteiger partial charge in [0.1, 0.15) is 11.8 Å². The third-order valence-electron chi connectivity index (χ3n) is 5.31. The number of nitrogens with one attached hydrogen (secondary N) is 1. The zero-order valence-electron chi connectivity index (χ0n) is 19.3. The highest BCUT2D eigenvalue weighted by molar-refractivity contribution is 6.35. The summed E-state index contributed by atoms with van der Waals surface area (Å²) in [4.78, 5) is 28.3. The first-order valence-corrected chi connectivity index (χ1v) is 12.4. The summed E-state index contributed by atoms with van der Waals surface area (Å²) >= 11 is 18.3. The Bertz CT molecular complexity index is 1140. The van der Waals surface area contributed by atoms with Gasteiger partial charge < -0.3 is 15.0 Å². The van der Waals surface area contributed by atoms with E-state index in [0.29, 0.717) is 33.8 Å². The molecule has 184 valence electrons. The summed E-state index contributed by atoms with van der Waals surface area (Å²) in [5.74, 6) is -0.249. The molecule has 0 bridgehead atoms. The highest BCUT2D eigenvalue weighted by Crippen LogP contribution is 2.27. The molecule has 0 aliphatic heterocycles. The van der Waals surface area contributed by atoms with Crippen molar-refractivity contribution < 1.29 is 14.3 Å². The van der Waals surface area contributed by atoms with Gasteiger partial charge in [-0.2, -0.15) is 0 Å². The maximum atomic E-state index is 13.5. The van der Waals surface area contributed by atoms with Crippen molar-refractivity contribution in [1.29, 1.82) is 0 Å². The highest BCUT2D eigenvalue weighted by atomic mass is 35.5. The summed E-state index contributed by atoms with van der Waals surface area (Å²) in [5, 5.41) is 4.25. The fraction of sp³-hybridized carbons (Fsp3) is 0.259. The van der Waals surface area contributed by atoms with Crippen LogP contribution in [0.3, 0.4) is 0 Å². The topological polar surface area (TPSA) is 58.6 Å². The van der Waals surface area contributed by atoms with Crippen molar-refractivity contribution in [2.45, 2.75) is 32.4 Å². The molecule has 1 unspecified atom stereocenters. The first-order chi connectivity index (χ1) is 16.9. The fourth-order valence-corrected chi connectivity index (χ4v) is 4.24. The van der Waals surface area contributed by atoms with Crippen LogP contribution in [0.25, 0.3) is 0 Å². The van der Waals surface area contributed by atoms with E-state index < -0.39 is 6.04 Å². The molecule has 35 heavy (non-hydrogen) atoms. The molecule has 0 aliphatic carbocycles. The Hall–Kier alpha value is -2.73. The van der Waals surface area contributed by atoms with E-state index in [4.69, 9.17) is 39.5 Å². The van der Waals surface area contributed by atoms with Crippen molar-refractivity contribution in [3.8, 4) is 5.75 Å². The van der Waals surface area contributed by atoms with E-state index in [-0.39, 0.29) is 25.0 Å². The molecule has 5 nitrogen and oxygen atoms in total. The van der Waals surface area contributed by atoms with E-state index in [1.807, 2.05) is 49.4 Å². The van der Waals surface area contributed by atoms with Gasteiger partial charge in [0.25, 0.3) is 5.91 Å². The van der Waals surface area contributed by atoms with Gasteiger partial charge in [-0.15, -0.1) is 0 Å². The molecule has 0 heterocycles. The molecule has 1 N–H and O–H groups in total. The SMILES string of the molecule is CCCNC(=O)C(Cc1ccccc1)N(Cc1cccc(Cl)c1)C(=O)COc1ccc(Cl)cc1Cl. The highest BCUT2D eigenvalue weighted by Gasteiger charge is 2.30. The summed E-state index contributed by atoms with van der Waals surface area (Å²) in [7, 11) is 0. The Balaban J connectivity index is 1.90. The number of benzene rings is 3. The summed E-state index contributed by atoms with van der Waals surface area (Å²) in [5.41, 5.74) is 1.74. The minimum atomic E-state index is -0.750. The van der Waals surface area contributed by atoms with Crippen LogP contribution in [-0.2, 0) is 22.6 Å². The molecule has 3 aromatic rings. The zero-order chi connectivity index (χ0) is 25.2. The lowest BCUT2D eigenvalue weighted by Crippen LogP contribution is -2.51. The molecular weight excluding hydrogens is 507 g/mol. The van der Waals surface area contributed by atoms with Gasteiger partial charge in [0.05, 0.1) is 5.02 Å². The monoisotopic (exact) mass is 532 g/mol. The fourth-order valence-electron chi connectivity index (χ4n) is 3.57. The minimum absolute atomic E-state index is 0.189. The molecule has 3 aromatic carbocycles. The third-order valence-corrected chi connectivity index (χ3v) is 6.07. The smallest absolute Gasteiger partial charge is 0.261 e. The zero-order valence-corrected chi connectivity index (χ0v) is 21.6. The van der Waals surface area contributed by atoms with E-state index in [0.717, 1.165) is 17.5 Å². The van der Waals surface area contributed by atoms with Crippen molar-refractivity contribution in [3.05, 3.63) is 99.0 Å². The van der Waals surface area contributed by atoms with Gasteiger partial charge in [0.2, 0.25) is 5.91 Å². The number of rotatable bonds is 11. The van der Waals surface area contributed by atoms with Gasteiger partial charge in [-0.3, -0.25) is 9.59 Å². The van der Waals surface area contributed by atoms with Crippen LogP contribution in [0.5, 0.6) is 5.75 Å². The van der Waals surface area contributed by atoms with Crippen LogP contribution < -0.4 is 10.1 Å². The number of amides is 2. The summed E-state index contributed by atoms with van der Waals surface area (Å²) in [6.07, 6.45) is 1.13. The Morgan fingerprint density at radius 2 is 1.63 bits per heavy atom. The number of hydrogen-bond acceptors (Lipinski definition) is 3.